The predicted molar refractivity (Wildman–Crippen MR) is 71.9 cm³/mol. The minimum Gasteiger partial charge on any atom is -0.294 e. The number of carbonyl (C=O) groups excluding carboxylic acids is 1. The average molecular weight is 322 g/mol. The fourth-order valence-corrected chi connectivity index (χ4v) is 2.76. The first kappa shape index (κ1) is 16.0. The highest BCUT2D eigenvalue weighted by Crippen LogP contribution is 2.40. The van der Waals surface area contributed by atoms with Crippen LogP contribution in [0.3, 0.4) is 0 Å². The molecule has 0 radical (unpaired) electrons. The zero-order valence-electron chi connectivity index (χ0n) is 11.4. The summed E-state index contributed by atoms with van der Waals surface area (Å²) in [6.45, 7) is 1.68. The van der Waals surface area contributed by atoms with Crippen LogP contribution in [0, 0.1) is 18.8 Å². The Hall–Kier alpha value is -1.37. The fraction of sp³-hybridized carbons (Fsp3) is 0.615. The fourth-order valence-electron chi connectivity index (χ4n) is 2.52. The van der Waals surface area contributed by atoms with E-state index in [-0.39, 0.29) is 23.9 Å². The number of rotatable bonds is 2. The van der Waals surface area contributed by atoms with Gasteiger partial charge >= 0.3 is 6.18 Å². The molecule has 0 aromatic carbocycles. The zero-order valence-corrected chi connectivity index (χ0v) is 12.1. The molecule has 1 aromatic rings. The van der Waals surface area contributed by atoms with Gasteiger partial charge in [0.2, 0.25) is 11.9 Å². The largest absolute Gasteiger partial charge is 0.391 e. The number of aromatic nitrogens is 2. The van der Waals surface area contributed by atoms with Crippen molar-refractivity contribution in [1.29, 1.82) is 0 Å². The van der Waals surface area contributed by atoms with E-state index in [1.54, 1.807) is 6.92 Å². The lowest BCUT2D eigenvalue weighted by Crippen LogP contribution is -2.34. The molecule has 0 bridgehead atoms. The van der Waals surface area contributed by atoms with Crippen molar-refractivity contribution in [3.63, 3.8) is 0 Å². The van der Waals surface area contributed by atoms with Crippen LogP contribution in [0.1, 0.15) is 31.4 Å². The molecule has 2 unspecified atom stereocenters. The molecule has 0 spiro atoms. The summed E-state index contributed by atoms with van der Waals surface area (Å²) in [7, 11) is 0. The minimum absolute atomic E-state index is 0.0270. The predicted octanol–water partition coefficient (Wildman–Crippen LogP) is 3.75. The second-order valence-corrected chi connectivity index (χ2v) is 5.63. The van der Waals surface area contributed by atoms with Crippen LogP contribution in [0.25, 0.3) is 0 Å². The van der Waals surface area contributed by atoms with Gasteiger partial charge in [0.25, 0.3) is 0 Å². The molecule has 1 aromatic heterocycles. The molecule has 0 aliphatic heterocycles. The van der Waals surface area contributed by atoms with Crippen molar-refractivity contribution in [1.82, 2.24) is 9.97 Å². The van der Waals surface area contributed by atoms with Crippen molar-refractivity contribution >= 4 is 23.5 Å². The Morgan fingerprint density at radius 3 is 2.71 bits per heavy atom. The molecule has 1 heterocycles. The highest BCUT2D eigenvalue weighted by Gasteiger charge is 2.43. The Morgan fingerprint density at radius 1 is 1.38 bits per heavy atom. The number of hydrogen-bond acceptors (Lipinski definition) is 3. The van der Waals surface area contributed by atoms with E-state index in [2.05, 4.69) is 15.3 Å². The van der Waals surface area contributed by atoms with E-state index in [0.717, 1.165) is 0 Å². The minimum atomic E-state index is -4.25. The zero-order chi connectivity index (χ0) is 15.6. The molecule has 1 aliphatic carbocycles. The maximum absolute atomic E-state index is 12.7. The van der Waals surface area contributed by atoms with Crippen LogP contribution in [-0.2, 0) is 4.79 Å². The number of aryl methyl sites for hydroxylation is 1. The number of nitrogens with zero attached hydrogens (tertiary/aromatic N) is 2. The van der Waals surface area contributed by atoms with E-state index in [0.29, 0.717) is 18.5 Å². The lowest BCUT2D eigenvalue weighted by Gasteiger charge is -2.29. The van der Waals surface area contributed by atoms with Crippen LogP contribution in [0.2, 0.25) is 5.15 Å². The number of amides is 1. The van der Waals surface area contributed by atoms with Crippen molar-refractivity contribution in [2.24, 2.45) is 11.8 Å². The quantitative estimate of drug-likeness (QED) is 0.844. The van der Waals surface area contributed by atoms with Crippen molar-refractivity contribution in [3.05, 3.63) is 16.9 Å². The first-order valence-corrected chi connectivity index (χ1v) is 7.02. The summed E-state index contributed by atoms with van der Waals surface area (Å²) in [5, 5.41) is 2.63. The maximum Gasteiger partial charge on any atom is 0.391 e. The highest BCUT2D eigenvalue weighted by atomic mass is 35.5. The Balaban J connectivity index is 2.03. The third-order valence-corrected chi connectivity index (χ3v) is 3.76. The molecule has 1 saturated carbocycles. The molecule has 21 heavy (non-hydrogen) atoms. The second kappa shape index (κ2) is 6.17. The van der Waals surface area contributed by atoms with Crippen LogP contribution >= 0.6 is 11.6 Å². The van der Waals surface area contributed by atoms with Crippen LogP contribution in [0.15, 0.2) is 6.07 Å². The van der Waals surface area contributed by atoms with Gasteiger partial charge in [-0.1, -0.05) is 18.0 Å². The smallest absolute Gasteiger partial charge is 0.294 e. The van der Waals surface area contributed by atoms with Gasteiger partial charge in [-0.15, -0.1) is 0 Å². The van der Waals surface area contributed by atoms with E-state index in [1.807, 2.05) is 0 Å². The molecular weight excluding hydrogens is 307 g/mol. The maximum atomic E-state index is 12.7. The number of nitrogens with one attached hydrogen (secondary N) is 1. The number of halogens is 4. The first-order valence-electron chi connectivity index (χ1n) is 6.64. The Kier molecular flexibility index (Phi) is 4.70. The lowest BCUT2D eigenvalue weighted by molar-refractivity contribution is -0.185. The third-order valence-electron chi connectivity index (χ3n) is 3.57. The molecule has 1 amide bonds. The van der Waals surface area contributed by atoms with Crippen molar-refractivity contribution < 1.29 is 18.0 Å². The Morgan fingerprint density at radius 2 is 2.10 bits per heavy atom. The molecule has 2 atom stereocenters. The van der Waals surface area contributed by atoms with Gasteiger partial charge in [0.1, 0.15) is 5.15 Å². The summed E-state index contributed by atoms with van der Waals surface area (Å²) < 4.78 is 38.2. The van der Waals surface area contributed by atoms with Gasteiger partial charge in [-0.3, -0.25) is 10.1 Å². The Labute approximate surface area is 125 Å². The first-order chi connectivity index (χ1) is 9.75. The SMILES string of the molecule is Cc1cc(Cl)nc(NC(=O)C2CCCC(C(F)(F)F)C2)n1. The van der Waals surface area contributed by atoms with E-state index >= 15 is 0 Å². The van der Waals surface area contributed by atoms with Crippen molar-refractivity contribution in [2.75, 3.05) is 5.32 Å². The summed E-state index contributed by atoms with van der Waals surface area (Å²) in [5.41, 5.74) is 0.571. The molecule has 1 aliphatic rings. The van der Waals surface area contributed by atoms with Crippen LogP contribution in [0.4, 0.5) is 19.1 Å². The standard InChI is InChI=1S/C13H15ClF3N3O/c1-7-5-10(14)19-12(18-7)20-11(21)8-3-2-4-9(6-8)13(15,16)17/h5,8-9H,2-4,6H2,1H3,(H,18,19,20,21). The van der Waals surface area contributed by atoms with Gasteiger partial charge in [0.05, 0.1) is 5.92 Å². The molecule has 2 rings (SSSR count). The topological polar surface area (TPSA) is 54.9 Å². The molecule has 4 nitrogen and oxygen atoms in total. The van der Waals surface area contributed by atoms with Crippen molar-refractivity contribution in [2.45, 2.75) is 38.8 Å². The van der Waals surface area contributed by atoms with Crippen LogP contribution in [-0.4, -0.2) is 22.1 Å². The normalized spacial score (nSPS) is 22.9. The lowest BCUT2D eigenvalue weighted by atomic mass is 9.80. The van der Waals surface area contributed by atoms with E-state index in [4.69, 9.17) is 11.6 Å². The number of anilines is 1. The molecule has 8 heteroatoms. The van der Waals surface area contributed by atoms with Gasteiger partial charge in [0.15, 0.2) is 0 Å². The van der Waals surface area contributed by atoms with E-state index in [1.165, 1.54) is 6.07 Å². The average Bonchev–Trinajstić information content (AvgIpc) is 2.36. The third kappa shape index (κ3) is 4.30. The van der Waals surface area contributed by atoms with Gasteiger partial charge in [-0.2, -0.15) is 13.2 Å². The second-order valence-electron chi connectivity index (χ2n) is 5.25. The van der Waals surface area contributed by atoms with Crippen LogP contribution < -0.4 is 5.32 Å². The summed E-state index contributed by atoms with van der Waals surface area (Å²) in [6, 6.07) is 1.53. The van der Waals surface area contributed by atoms with Crippen LogP contribution in [0.5, 0.6) is 0 Å². The van der Waals surface area contributed by atoms with Gasteiger partial charge in [-0.25, -0.2) is 9.97 Å². The number of alkyl halides is 3. The Bertz CT molecular complexity index is 516. The number of hydrogen-bond donors (Lipinski definition) is 1. The molecule has 0 saturated heterocycles. The van der Waals surface area contributed by atoms with Gasteiger partial charge in [-0.05, 0) is 32.3 Å². The molecule has 116 valence electrons. The molecule has 1 N–H and O–H groups in total. The van der Waals surface area contributed by atoms with Gasteiger partial charge < -0.3 is 0 Å². The van der Waals surface area contributed by atoms with Gasteiger partial charge in [0, 0.05) is 11.6 Å². The van der Waals surface area contributed by atoms with E-state index < -0.39 is 23.9 Å². The monoisotopic (exact) mass is 321 g/mol. The highest BCUT2D eigenvalue weighted by molar-refractivity contribution is 6.29. The number of carbonyl (C=O) groups is 1. The molecular formula is C13H15ClF3N3O. The molecule has 1 fully saturated rings. The summed E-state index contributed by atoms with van der Waals surface area (Å²) in [5.74, 6) is -2.54. The summed E-state index contributed by atoms with van der Waals surface area (Å²) in [4.78, 5) is 19.9. The van der Waals surface area contributed by atoms with E-state index in [9.17, 15) is 18.0 Å². The van der Waals surface area contributed by atoms with Crippen molar-refractivity contribution in [3.8, 4) is 0 Å². The summed E-state index contributed by atoms with van der Waals surface area (Å²) >= 11 is 5.75. The summed E-state index contributed by atoms with van der Waals surface area (Å²) in [6.07, 6.45) is -3.52.